The Morgan fingerprint density at radius 1 is 1.38 bits per heavy atom. The van der Waals surface area contributed by atoms with Crippen molar-refractivity contribution in [2.75, 3.05) is 18.2 Å². The van der Waals surface area contributed by atoms with Crippen LogP contribution in [0.25, 0.3) is 0 Å². The summed E-state index contributed by atoms with van der Waals surface area (Å²) in [6.45, 7) is 0. The summed E-state index contributed by atoms with van der Waals surface area (Å²) in [7, 11) is 1.65. The van der Waals surface area contributed by atoms with Crippen LogP contribution >= 0.6 is 46.3 Å². The zero-order chi connectivity index (χ0) is 14.9. The maximum Gasteiger partial charge on any atom is 0.210 e. The van der Waals surface area contributed by atoms with E-state index in [4.69, 9.17) is 27.9 Å². The summed E-state index contributed by atoms with van der Waals surface area (Å²) in [4.78, 5) is 0. The molecule has 0 amide bonds. The lowest BCUT2D eigenvalue weighted by atomic mass is 10.3. The lowest BCUT2D eigenvalue weighted by molar-refractivity contribution is 0.415. The highest BCUT2D eigenvalue weighted by molar-refractivity contribution is 8.01. The zero-order valence-corrected chi connectivity index (χ0v) is 14.3. The first-order valence-electron chi connectivity index (χ1n) is 6.32. The monoisotopic (exact) mass is 361 g/mol. The summed E-state index contributed by atoms with van der Waals surface area (Å²) in [5.74, 6) is 2.06. The lowest BCUT2D eigenvalue weighted by Crippen LogP contribution is -1.92. The van der Waals surface area contributed by atoms with E-state index in [0.717, 1.165) is 33.1 Å². The van der Waals surface area contributed by atoms with Crippen LogP contribution in [0.1, 0.15) is 6.42 Å². The van der Waals surface area contributed by atoms with Gasteiger partial charge in [0.25, 0.3) is 0 Å². The Kier molecular flexibility index (Phi) is 4.49. The van der Waals surface area contributed by atoms with Gasteiger partial charge >= 0.3 is 0 Å². The van der Waals surface area contributed by atoms with E-state index in [1.165, 1.54) is 11.3 Å². The molecule has 1 fully saturated rings. The summed E-state index contributed by atoms with van der Waals surface area (Å²) in [6.07, 6.45) is 0.860. The van der Waals surface area contributed by atoms with Crippen molar-refractivity contribution in [2.24, 2.45) is 5.92 Å². The quantitative estimate of drug-likeness (QED) is 0.602. The molecule has 0 aliphatic heterocycles. The fourth-order valence-electron chi connectivity index (χ4n) is 1.74. The van der Waals surface area contributed by atoms with E-state index in [1.54, 1.807) is 18.9 Å². The number of anilines is 2. The summed E-state index contributed by atoms with van der Waals surface area (Å²) < 4.78 is 5.52. The normalized spacial score (nSPS) is 19.3. The third-order valence-electron chi connectivity index (χ3n) is 3.11. The minimum absolute atomic E-state index is 0.354. The maximum absolute atomic E-state index is 6.01. The topological polar surface area (TPSA) is 47.0 Å². The number of halogens is 2. The Labute approximate surface area is 141 Å². The van der Waals surface area contributed by atoms with Crippen molar-refractivity contribution in [3.8, 4) is 5.75 Å². The van der Waals surface area contributed by atoms with E-state index in [9.17, 15) is 0 Å². The molecule has 1 saturated carbocycles. The van der Waals surface area contributed by atoms with E-state index in [-0.39, 0.29) is 0 Å². The summed E-state index contributed by atoms with van der Waals surface area (Å²) in [6, 6.07) is 7.67. The first kappa shape index (κ1) is 15.2. The fraction of sp³-hybridized carbons (Fsp3) is 0.385. The second kappa shape index (κ2) is 6.20. The molecule has 0 bridgehead atoms. The number of hydrogen-bond donors (Lipinski definition) is 1. The van der Waals surface area contributed by atoms with Crippen LogP contribution in [0.5, 0.6) is 5.75 Å². The highest BCUT2D eigenvalue weighted by atomic mass is 35.5. The molecular formula is C13H13Cl2N3OS2. The molecule has 1 atom stereocenters. The van der Waals surface area contributed by atoms with E-state index < -0.39 is 4.33 Å². The highest BCUT2D eigenvalue weighted by Crippen LogP contribution is 2.55. The van der Waals surface area contributed by atoms with Gasteiger partial charge in [0.05, 0.1) is 7.11 Å². The smallest absolute Gasteiger partial charge is 0.210 e. The second-order valence-electron chi connectivity index (χ2n) is 4.70. The number of aromatic nitrogens is 2. The predicted molar refractivity (Wildman–Crippen MR) is 89.5 cm³/mol. The Morgan fingerprint density at radius 2 is 2.10 bits per heavy atom. The number of nitrogens with one attached hydrogen (secondary N) is 1. The van der Waals surface area contributed by atoms with Crippen LogP contribution in [0.3, 0.4) is 0 Å². The van der Waals surface area contributed by atoms with Crippen LogP contribution in [0.4, 0.5) is 10.8 Å². The van der Waals surface area contributed by atoms with E-state index in [2.05, 4.69) is 15.5 Å². The first-order valence-corrected chi connectivity index (χ1v) is 8.88. The Balaban J connectivity index is 1.54. The second-order valence-corrected chi connectivity index (χ2v) is 8.49. The average molecular weight is 362 g/mol. The molecule has 8 heteroatoms. The van der Waals surface area contributed by atoms with Gasteiger partial charge in [0, 0.05) is 17.4 Å². The van der Waals surface area contributed by atoms with Crippen LogP contribution in [-0.2, 0) is 0 Å². The minimum Gasteiger partial charge on any atom is -0.497 e. The number of alkyl halides is 2. The van der Waals surface area contributed by atoms with Gasteiger partial charge in [-0.25, -0.2) is 0 Å². The van der Waals surface area contributed by atoms with Crippen LogP contribution in [0.2, 0.25) is 0 Å². The average Bonchev–Trinajstić information content (AvgIpc) is 2.87. The van der Waals surface area contributed by atoms with Gasteiger partial charge in [0.1, 0.15) is 10.1 Å². The maximum atomic E-state index is 6.01. The molecule has 0 radical (unpaired) electrons. The van der Waals surface area contributed by atoms with Crippen LogP contribution in [0.15, 0.2) is 28.6 Å². The number of rotatable bonds is 6. The molecular weight excluding hydrogens is 349 g/mol. The predicted octanol–water partition coefficient (Wildman–Crippen LogP) is 4.58. The van der Waals surface area contributed by atoms with Crippen molar-refractivity contribution in [1.29, 1.82) is 0 Å². The molecule has 1 heterocycles. The van der Waals surface area contributed by atoms with Crippen LogP contribution < -0.4 is 10.1 Å². The third-order valence-corrected chi connectivity index (χ3v) is 6.17. The summed E-state index contributed by atoms with van der Waals surface area (Å²) in [5.41, 5.74) is 0.950. The number of hydrogen-bond acceptors (Lipinski definition) is 6. The van der Waals surface area contributed by atoms with E-state index >= 15 is 0 Å². The van der Waals surface area contributed by atoms with Crippen molar-refractivity contribution in [1.82, 2.24) is 10.2 Å². The Morgan fingerprint density at radius 3 is 2.71 bits per heavy atom. The summed E-state index contributed by atoms with van der Waals surface area (Å²) in [5, 5.41) is 12.3. The molecule has 1 aromatic carbocycles. The number of nitrogens with zero attached hydrogens (tertiary/aromatic N) is 2. The van der Waals surface area contributed by atoms with Gasteiger partial charge in [-0.1, -0.05) is 23.1 Å². The molecule has 112 valence electrons. The first-order chi connectivity index (χ1) is 10.1. The number of benzene rings is 1. The molecule has 0 saturated heterocycles. The van der Waals surface area contributed by atoms with Crippen molar-refractivity contribution in [3.05, 3.63) is 24.3 Å². The molecule has 21 heavy (non-hydrogen) atoms. The number of methoxy groups -OCH3 is 1. The van der Waals surface area contributed by atoms with E-state index in [0.29, 0.717) is 5.92 Å². The van der Waals surface area contributed by atoms with Crippen molar-refractivity contribution in [2.45, 2.75) is 15.1 Å². The molecule has 2 aromatic rings. The van der Waals surface area contributed by atoms with Crippen LogP contribution in [0, 0.1) is 5.92 Å². The molecule has 0 spiro atoms. The molecule has 1 aromatic heterocycles. The van der Waals surface area contributed by atoms with E-state index in [1.807, 2.05) is 24.3 Å². The van der Waals surface area contributed by atoms with Gasteiger partial charge in [-0.3, -0.25) is 0 Å². The number of thioether (sulfide) groups is 1. The Bertz CT molecular complexity index is 618. The largest absolute Gasteiger partial charge is 0.497 e. The Hall–Kier alpha value is -0.690. The molecule has 1 aliphatic carbocycles. The lowest BCUT2D eigenvalue weighted by Gasteiger charge is -2.03. The minimum atomic E-state index is -0.526. The van der Waals surface area contributed by atoms with Crippen molar-refractivity contribution >= 4 is 57.1 Å². The fourth-order valence-corrected chi connectivity index (χ4v) is 4.47. The highest BCUT2D eigenvalue weighted by Gasteiger charge is 2.51. The van der Waals surface area contributed by atoms with Gasteiger partial charge in [0.2, 0.25) is 5.13 Å². The summed E-state index contributed by atoms with van der Waals surface area (Å²) >= 11 is 15.2. The molecule has 1 N–H and O–H groups in total. The van der Waals surface area contributed by atoms with Gasteiger partial charge in [0.15, 0.2) is 4.34 Å². The molecule has 1 aliphatic rings. The SMILES string of the molecule is COc1ccc(Nc2nnc(SC[C@@H]3CC3(Cl)Cl)s2)cc1. The molecule has 4 nitrogen and oxygen atoms in total. The van der Waals surface area contributed by atoms with Gasteiger partial charge < -0.3 is 10.1 Å². The van der Waals surface area contributed by atoms with Gasteiger partial charge in [-0.05, 0) is 30.7 Å². The van der Waals surface area contributed by atoms with Crippen molar-refractivity contribution in [3.63, 3.8) is 0 Å². The van der Waals surface area contributed by atoms with Gasteiger partial charge in [-0.2, -0.15) is 0 Å². The standard InChI is InChI=1S/C13H13Cl2N3OS2/c1-19-10-4-2-9(3-5-10)16-11-17-18-12(21-11)20-7-8-6-13(8,14)15/h2-5,8H,6-7H2,1H3,(H,16,17)/t8-/m0/s1. The molecule has 3 rings (SSSR count). The van der Waals surface area contributed by atoms with Crippen molar-refractivity contribution < 1.29 is 4.74 Å². The van der Waals surface area contributed by atoms with Crippen LogP contribution in [-0.4, -0.2) is 27.4 Å². The number of ether oxygens (including phenoxy) is 1. The molecule has 0 unspecified atom stereocenters. The van der Waals surface area contributed by atoms with Gasteiger partial charge in [-0.15, -0.1) is 33.4 Å². The third kappa shape index (κ3) is 3.94. The zero-order valence-electron chi connectivity index (χ0n) is 11.2.